The first-order valence-electron chi connectivity index (χ1n) is 5.80. The topological polar surface area (TPSA) is 29.9 Å². The Morgan fingerprint density at radius 3 is 2.94 bits per heavy atom. The van der Waals surface area contributed by atoms with Crippen LogP contribution in [0, 0.1) is 5.82 Å². The minimum Gasteiger partial charge on any atom is -0.308 e. The Balaban J connectivity index is 1.91. The van der Waals surface area contributed by atoms with Crippen LogP contribution in [0.25, 0.3) is 0 Å². The van der Waals surface area contributed by atoms with E-state index in [1.54, 1.807) is 18.3 Å². The maximum atomic E-state index is 13.5. The van der Waals surface area contributed by atoms with Crippen molar-refractivity contribution in [2.24, 2.45) is 0 Å². The van der Waals surface area contributed by atoms with E-state index >= 15 is 0 Å². The second kappa shape index (κ2) is 5.98. The van der Waals surface area contributed by atoms with Crippen LogP contribution in [0.2, 0.25) is 5.02 Å². The van der Waals surface area contributed by atoms with E-state index in [-0.39, 0.29) is 11.9 Å². The number of nitrogens with one attached hydrogen (secondary N) is 1. The number of rotatable bonds is 5. The lowest BCUT2D eigenvalue weighted by Gasteiger charge is -2.15. The van der Waals surface area contributed by atoms with Crippen LogP contribution in [0.4, 0.5) is 4.39 Å². The molecule has 1 heterocycles. The standard InChI is InChI=1S/C13H15ClFN3/c1-10(9-18-7-3-6-17-18)16-8-11-12(14)4-2-5-13(11)15/h2-7,10,16H,8-9H2,1H3. The largest absolute Gasteiger partial charge is 0.308 e. The zero-order valence-corrected chi connectivity index (χ0v) is 10.9. The summed E-state index contributed by atoms with van der Waals surface area (Å²) < 4.78 is 15.4. The third-order valence-electron chi connectivity index (χ3n) is 2.71. The molecule has 0 saturated heterocycles. The lowest BCUT2D eigenvalue weighted by molar-refractivity contribution is 0.445. The highest BCUT2D eigenvalue weighted by Crippen LogP contribution is 2.18. The quantitative estimate of drug-likeness (QED) is 0.903. The van der Waals surface area contributed by atoms with Gasteiger partial charge in [0.25, 0.3) is 0 Å². The maximum Gasteiger partial charge on any atom is 0.129 e. The summed E-state index contributed by atoms with van der Waals surface area (Å²) >= 11 is 5.96. The van der Waals surface area contributed by atoms with Gasteiger partial charge in [0.15, 0.2) is 0 Å². The van der Waals surface area contributed by atoms with E-state index in [0.29, 0.717) is 17.1 Å². The van der Waals surface area contributed by atoms with E-state index in [2.05, 4.69) is 10.4 Å². The molecule has 0 amide bonds. The Hall–Kier alpha value is -1.39. The molecular formula is C13H15ClFN3. The first kappa shape index (κ1) is 13.1. The van der Waals surface area contributed by atoms with Crippen molar-refractivity contribution in [1.82, 2.24) is 15.1 Å². The van der Waals surface area contributed by atoms with Gasteiger partial charge in [0.2, 0.25) is 0 Å². The van der Waals surface area contributed by atoms with Gasteiger partial charge in [-0.3, -0.25) is 4.68 Å². The summed E-state index contributed by atoms with van der Waals surface area (Å²) in [5.74, 6) is -0.277. The monoisotopic (exact) mass is 267 g/mol. The molecule has 0 aliphatic carbocycles. The van der Waals surface area contributed by atoms with Crippen LogP contribution in [-0.2, 0) is 13.1 Å². The molecular weight excluding hydrogens is 253 g/mol. The fraction of sp³-hybridized carbons (Fsp3) is 0.308. The van der Waals surface area contributed by atoms with E-state index in [1.807, 2.05) is 23.9 Å². The highest BCUT2D eigenvalue weighted by Gasteiger charge is 2.08. The van der Waals surface area contributed by atoms with Gasteiger partial charge in [-0.25, -0.2) is 4.39 Å². The third kappa shape index (κ3) is 3.31. The summed E-state index contributed by atoms with van der Waals surface area (Å²) in [4.78, 5) is 0. The lowest BCUT2D eigenvalue weighted by Crippen LogP contribution is -2.30. The molecule has 1 unspecified atom stereocenters. The molecule has 96 valence electrons. The molecule has 0 aliphatic heterocycles. The molecule has 1 N–H and O–H groups in total. The summed E-state index contributed by atoms with van der Waals surface area (Å²) in [6, 6.07) is 6.77. The first-order valence-corrected chi connectivity index (χ1v) is 6.18. The van der Waals surface area contributed by atoms with E-state index in [0.717, 1.165) is 6.54 Å². The van der Waals surface area contributed by atoms with Gasteiger partial charge in [-0.1, -0.05) is 17.7 Å². The van der Waals surface area contributed by atoms with Crippen LogP contribution in [0.1, 0.15) is 12.5 Å². The number of benzene rings is 1. The van der Waals surface area contributed by atoms with Gasteiger partial charge in [-0.05, 0) is 25.1 Å². The molecule has 2 aromatic rings. The Morgan fingerprint density at radius 2 is 2.28 bits per heavy atom. The highest BCUT2D eigenvalue weighted by atomic mass is 35.5. The zero-order valence-electron chi connectivity index (χ0n) is 10.1. The van der Waals surface area contributed by atoms with E-state index in [4.69, 9.17) is 11.6 Å². The molecule has 0 radical (unpaired) electrons. The number of aromatic nitrogens is 2. The van der Waals surface area contributed by atoms with Crippen LogP contribution in [0.3, 0.4) is 0 Å². The van der Waals surface area contributed by atoms with Gasteiger partial charge in [-0.15, -0.1) is 0 Å². The van der Waals surface area contributed by atoms with Crippen LogP contribution in [0.5, 0.6) is 0 Å². The van der Waals surface area contributed by atoms with Gasteiger partial charge in [0.05, 0.1) is 6.54 Å². The van der Waals surface area contributed by atoms with Crippen molar-refractivity contribution in [1.29, 1.82) is 0 Å². The van der Waals surface area contributed by atoms with Crippen molar-refractivity contribution < 1.29 is 4.39 Å². The highest BCUT2D eigenvalue weighted by molar-refractivity contribution is 6.31. The minimum absolute atomic E-state index is 0.181. The first-order chi connectivity index (χ1) is 8.66. The predicted molar refractivity (Wildman–Crippen MR) is 69.9 cm³/mol. The summed E-state index contributed by atoms with van der Waals surface area (Å²) in [7, 11) is 0. The average molecular weight is 268 g/mol. The van der Waals surface area contributed by atoms with Crippen LogP contribution in [-0.4, -0.2) is 15.8 Å². The predicted octanol–water partition coefficient (Wildman–Crippen LogP) is 2.85. The Bertz CT molecular complexity index is 479. The molecule has 1 aromatic carbocycles. The maximum absolute atomic E-state index is 13.5. The number of hydrogen-bond donors (Lipinski definition) is 1. The minimum atomic E-state index is -0.277. The van der Waals surface area contributed by atoms with Crippen LogP contribution >= 0.6 is 11.6 Å². The van der Waals surface area contributed by atoms with E-state index in [9.17, 15) is 4.39 Å². The van der Waals surface area contributed by atoms with Crippen LogP contribution < -0.4 is 5.32 Å². The molecule has 1 atom stereocenters. The molecule has 5 heteroatoms. The van der Waals surface area contributed by atoms with Gasteiger partial charge in [0.1, 0.15) is 5.82 Å². The summed E-state index contributed by atoms with van der Waals surface area (Å²) in [5, 5.41) is 7.81. The molecule has 0 spiro atoms. The molecule has 3 nitrogen and oxygen atoms in total. The Labute approximate surface area is 111 Å². The number of hydrogen-bond acceptors (Lipinski definition) is 2. The van der Waals surface area contributed by atoms with E-state index in [1.165, 1.54) is 6.07 Å². The third-order valence-corrected chi connectivity index (χ3v) is 3.06. The normalized spacial score (nSPS) is 12.6. The summed E-state index contributed by atoms with van der Waals surface area (Å²) in [5.41, 5.74) is 0.506. The van der Waals surface area contributed by atoms with Crippen molar-refractivity contribution in [3.63, 3.8) is 0 Å². The molecule has 2 rings (SSSR count). The summed E-state index contributed by atoms with van der Waals surface area (Å²) in [6.07, 6.45) is 3.63. The number of halogens is 2. The van der Waals surface area contributed by atoms with Crippen molar-refractivity contribution in [3.8, 4) is 0 Å². The van der Waals surface area contributed by atoms with Crippen molar-refractivity contribution in [2.75, 3.05) is 0 Å². The van der Waals surface area contributed by atoms with Gasteiger partial charge < -0.3 is 5.32 Å². The van der Waals surface area contributed by atoms with Gasteiger partial charge in [0, 0.05) is 35.6 Å². The summed E-state index contributed by atoms with van der Waals surface area (Å²) in [6.45, 7) is 3.17. The van der Waals surface area contributed by atoms with Crippen molar-refractivity contribution in [2.45, 2.75) is 26.1 Å². The van der Waals surface area contributed by atoms with Gasteiger partial charge in [-0.2, -0.15) is 5.10 Å². The van der Waals surface area contributed by atoms with Crippen molar-refractivity contribution >= 4 is 11.6 Å². The molecule has 0 saturated carbocycles. The Morgan fingerprint density at radius 1 is 1.44 bits per heavy atom. The molecule has 1 aromatic heterocycles. The SMILES string of the molecule is CC(Cn1cccn1)NCc1c(F)cccc1Cl. The van der Waals surface area contributed by atoms with E-state index < -0.39 is 0 Å². The fourth-order valence-corrected chi connectivity index (χ4v) is 1.96. The fourth-order valence-electron chi connectivity index (χ4n) is 1.73. The molecule has 18 heavy (non-hydrogen) atoms. The lowest BCUT2D eigenvalue weighted by atomic mass is 10.2. The van der Waals surface area contributed by atoms with Gasteiger partial charge >= 0.3 is 0 Å². The number of nitrogens with zero attached hydrogens (tertiary/aromatic N) is 2. The molecule has 0 bridgehead atoms. The molecule has 0 fully saturated rings. The second-order valence-electron chi connectivity index (χ2n) is 4.21. The smallest absolute Gasteiger partial charge is 0.129 e. The Kier molecular flexibility index (Phi) is 4.33. The average Bonchev–Trinajstić information content (AvgIpc) is 2.81. The van der Waals surface area contributed by atoms with Crippen LogP contribution in [0.15, 0.2) is 36.7 Å². The van der Waals surface area contributed by atoms with Crippen molar-refractivity contribution in [3.05, 3.63) is 53.1 Å². The molecule has 0 aliphatic rings. The second-order valence-corrected chi connectivity index (χ2v) is 4.62. The zero-order chi connectivity index (χ0) is 13.0.